The van der Waals surface area contributed by atoms with Crippen LogP contribution < -0.4 is 11.1 Å². The van der Waals surface area contributed by atoms with Gasteiger partial charge < -0.3 is 11.1 Å². The van der Waals surface area contributed by atoms with Gasteiger partial charge in [0, 0.05) is 29.8 Å². The molecule has 102 valence electrons. The molecule has 3 N–H and O–H groups in total. The van der Waals surface area contributed by atoms with Gasteiger partial charge in [-0.05, 0) is 25.3 Å². The fourth-order valence-corrected chi connectivity index (χ4v) is 2.23. The smallest absolute Gasteiger partial charge is 0.304 e. The van der Waals surface area contributed by atoms with Crippen molar-refractivity contribution in [1.29, 1.82) is 0 Å². The van der Waals surface area contributed by atoms with Crippen LogP contribution in [0.2, 0.25) is 0 Å². The Morgan fingerprint density at radius 2 is 2.21 bits per heavy atom. The van der Waals surface area contributed by atoms with E-state index >= 15 is 0 Å². The number of hydrogen-bond donors (Lipinski definition) is 2. The fourth-order valence-electron chi connectivity index (χ4n) is 2.23. The van der Waals surface area contributed by atoms with Crippen LogP contribution >= 0.6 is 0 Å². The van der Waals surface area contributed by atoms with Gasteiger partial charge in [-0.1, -0.05) is 0 Å². The topological polar surface area (TPSA) is 98.3 Å². The van der Waals surface area contributed by atoms with Crippen LogP contribution in [0.3, 0.4) is 0 Å². The minimum Gasteiger partial charge on any atom is -0.328 e. The molecule has 1 fully saturated rings. The van der Waals surface area contributed by atoms with Crippen molar-refractivity contribution in [3.05, 3.63) is 34.1 Å². The lowest BCUT2D eigenvalue weighted by Gasteiger charge is -2.10. The number of benzene rings is 1. The van der Waals surface area contributed by atoms with E-state index < -0.39 is 16.4 Å². The van der Waals surface area contributed by atoms with Crippen molar-refractivity contribution in [3.63, 3.8) is 0 Å². The van der Waals surface area contributed by atoms with Gasteiger partial charge in [-0.15, -0.1) is 0 Å². The zero-order valence-corrected chi connectivity index (χ0v) is 10.1. The summed E-state index contributed by atoms with van der Waals surface area (Å²) in [6.07, 6.45) is 2.12. The lowest BCUT2D eigenvalue weighted by Crippen LogP contribution is -2.23. The molecule has 2 atom stereocenters. The molecule has 0 bridgehead atoms. The Morgan fingerprint density at radius 1 is 1.47 bits per heavy atom. The predicted octanol–water partition coefficient (Wildman–Crippen LogP) is 1.80. The second kappa shape index (κ2) is 5.31. The van der Waals surface area contributed by atoms with Crippen LogP contribution in [0.25, 0.3) is 0 Å². The second-order valence-electron chi connectivity index (χ2n) is 4.68. The Balaban J connectivity index is 2.05. The first-order chi connectivity index (χ1) is 8.97. The molecule has 0 heterocycles. The second-order valence-corrected chi connectivity index (χ2v) is 4.68. The van der Waals surface area contributed by atoms with E-state index in [4.69, 9.17) is 5.73 Å². The van der Waals surface area contributed by atoms with E-state index in [0.717, 1.165) is 18.6 Å². The summed E-state index contributed by atoms with van der Waals surface area (Å²) in [6, 6.07) is 3.33. The van der Waals surface area contributed by atoms with Crippen molar-refractivity contribution in [1.82, 2.24) is 0 Å². The van der Waals surface area contributed by atoms with Gasteiger partial charge >= 0.3 is 5.69 Å². The number of hydrogen-bond acceptors (Lipinski definition) is 4. The first-order valence-electron chi connectivity index (χ1n) is 5.97. The number of carbonyl (C=O) groups excluding carboxylic acids is 1. The highest BCUT2D eigenvalue weighted by Crippen LogP contribution is 2.26. The van der Waals surface area contributed by atoms with Gasteiger partial charge in [-0.25, -0.2) is 0 Å². The van der Waals surface area contributed by atoms with Crippen LogP contribution in [0, 0.1) is 21.8 Å². The summed E-state index contributed by atoms with van der Waals surface area (Å²) in [5, 5.41) is 13.0. The zero-order valence-electron chi connectivity index (χ0n) is 10.1. The maximum absolute atomic E-state index is 13.4. The van der Waals surface area contributed by atoms with E-state index in [2.05, 4.69) is 5.32 Å². The Morgan fingerprint density at radius 3 is 2.74 bits per heavy atom. The van der Waals surface area contributed by atoms with Crippen molar-refractivity contribution in [3.8, 4) is 0 Å². The Kier molecular flexibility index (Phi) is 3.75. The Bertz CT molecular complexity index is 521. The summed E-state index contributed by atoms with van der Waals surface area (Å²) in [5.41, 5.74) is 5.32. The normalized spacial score (nSPS) is 22.2. The molecule has 1 aromatic carbocycles. The van der Waals surface area contributed by atoms with E-state index in [-0.39, 0.29) is 23.6 Å². The van der Waals surface area contributed by atoms with E-state index in [1.165, 1.54) is 6.07 Å². The average molecular weight is 267 g/mol. The molecule has 0 spiro atoms. The molecule has 1 saturated carbocycles. The SMILES string of the molecule is NC1CCC(C(=O)Nc2ccc([N+](=O)[O-])c(F)c2)C1. The molecule has 2 rings (SSSR count). The molecule has 0 aromatic heterocycles. The van der Waals surface area contributed by atoms with Gasteiger partial charge in [0.05, 0.1) is 4.92 Å². The molecule has 0 aliphatic heterocycles. The van der Waals surface area contributed by atoms with Gasteiger partial charge in [0.1, 0.15) is 0 Å². The summed E-state index contributed by atoms with van der Waals surface area (Å²) in [7, 11) is 0. The predicted molar refractivity (Wildman–Crippen MR) is 67.0 cm³/mol. The Hall–Kier alpha value is -2.02. The molecule has 1 aliphatic carbocycles. The van der Waals surface area contributed by atoms with Crippen molar-refractivity contribution in [2.45, 2.75) is 25.3 Å². The van der Waals surface area contributed by atoms with Crippen molar-refractivity contribution in [2.24, 2.45) is 11.7 Å². The molecule has 7 heteroatoms. The molecule has 0 saturated heterocycles. The van der Waals surface area contributed by atoms with Crippen molar-refractivity contribution >= 4 is 17.3 Å². The summed E-state index contributed by atoms with van der Waals surface area (Å²) in [6.45, 7) is 0. The molecule has 1 aromatic rings. The first kappa shape index (κ1) is 13.4. The fraction of sp³-hybridized carbons (Fsp3) is 0.417. The number of rotatable bonds is 3. The van der Waals surface area contributed by atoms with Gasteiger partial charge in [0.15, 0.2) is 0 Å². The maximum atomic E-state index is 13.4. The third-order valence-electron chi connectivity index (χ3n) is 3.26. The highest BCUT2D eigenvalue weighted by Gasteiger charge is 2.28. The maximum Gasteiger partial charge on any atom is 0.304 e. The summed E-state index contributed by atoms with van der Waals surface area (Å²) >= 11 is 0. The average Bonchev–Trinajstić information content (AvgIpc) is 2.75. The number of amides is 1. The van der Waals surface area contributed by atoms with Crippen LogP contribution in [0.1, 0.15) is 19.3 Å². The molecule has 1 amide bonds. The highest BCUT2D eigenvalue weighted by atomic mass is 19.1. The number of halogens is 1. The number of nitrogens with two attached hydrogens (primary N) is 1. The van der Waals surface area contributed by atoms with Crippen LogP contribution in [0.15, 0.2) is 18.2 Å². The number of nitrogens with one attached hydrogen (secondary N) is 1. The van der Waals surface area contributed by atoms with Crippen LogP contribution in [-0.4, -0.2) is 16.9 Å². The number of nitro groups is 1. The molecule has 19 heavy (non-hydrogen) atoms. The first-order valence-corrected chi connectivity index (χ1v) is 5.97. The van der Waals surface area contributed by atoms with Gasteiger partial charge in [0.2, 0.25) is 11.7 Å². The van der Waals surface area contributed by atoms with E-state index in [0.29, 0.717) is 12.8 Å². The third-order valence-corrected chi connectivity index (χ3v) is 3.26. The molecule has 0 radical (unpaired) electrons. The lowest BCUT2D eigenvalue weighted by molar-refractivity contribution is -0.387. The molecule has 6 nitrogen and oxygen atoms in total. The standard InChI is InChI=1S/C12H14FN3O3/c13-10-6-9(3-4-11(10)16(18)19)15-12(17)7-1-2-8(14)5-7/h3-4,6-8H,1-2,5,14H2,(H,15,17). The number of nitrogens with zero attached hydrogens (tertiary/aromatic N) is 1. The van der Waals surface area contributed by atoms with Gasteiger partial charge in [0.25, 0.3) is 0 Å². The highest BCUT2D eigenvalue weighted by molar-refractivity contribution is 5.92. The number of anilines is 1. The quantitative estimate of drug-likeness (QED) is 0.644. The third kappa shape index (κ3) is 3.05. The van der Waals surface area contributed by atoms with E-state index in [9.17, 15) is 19.3 Å². The summed E-state index contributed by atoms with van der Waals surface area (Å²) in [4.78, 5) is 21.5. The van der Waals surface area contributed by atoms with Crippen LogP contribution in [0.4, 0.5) is 15.8 Å². The van der Waals surface area contributed by atoms with E-state index in [1.54, 1.807) is 0 Å². The van der Waals surface area contributed by atoms with Crippen LogP contribution in [0.5, 0.6) is 0 Å². The monoisotopic (exact) mass is 267 g/mol. The lowest BCUT2D eigenvalue weighted by atomic mass is 10.1. The van der Waals surface area contributed by atoms with Crippen molar-refractivity contribution < 1.29 is 14.1 Å². The minimum absolute atomic E-state index is 0.0318. The molecule has 1 aliphatic rings. The van der Waals surface area contributed by atoms with Crippen molar-refractivity contribution in [2.75, 3.05) is 5.32 Å². The largest absolute Gasteiger partial charge is 0.328 e. The number of carbonyl (C=O) groups is 1. The molecular formula is C12H14FN3O3. The molecular weight excluding hydrogens is 253 g/mol. The number of nitro benzene ring substituents is 1. The summed E-state index contributed by atoms with van der Waals surface area (Å²) in [5.74, 6) is -1.36. The minimum atomic E-state index is -0.967. The van der Waals surface area contributed by atoms with Gasteiger partial charge in [-0.2, -0.15) is 4.39 Å². The zero-order chi connectivity index (χ0) is 14.0. The van der Waals surface area contributed by atoms with Gasteiger partial charge in [-0.3, -0.25) is 14.9 Å². The van der Waals surface area contributed by atoms with E-state index in [1.807, 2.05) is 0 Å². The molecule has 2 unspecified atom stereocenters. The van der Waals surface area contributed by atoms with Crippen LogP contribution in [-0.2, 0) is 4.79 Å². The Labute approximate surface area is 108 Å². The summed E-state index contributed by atoms with van der Waals surface area (Å²) < 4.78 is 13.4.